The number of aromatic carboxylic acids is 1. The third kappa shape index (κ3) is 1.83. The van der Waals surface area contributed by atoms with Gasteiger partial charge in [0, 0.05) is 0 Å². The molecule has 4 heteroatoms. The summed E-state index contributed by atoms with van der Waals surface area (Å²) < 4.78 is 5.71. The first kappa shape index (κ1) is 10.1. The molecule has 0 aliphatic rings. The van der Waals surface area contributed by atoms with Gasteiger partial charge in [0.25, 0.3) is 0 Å². The normalized spacial score (nSPS) is 9.77. The van der Waals surface area contributed by atoms with Crippen molar-refractivity contribution >= 4 is 21.9 Å². The predicted molar refractivity (Wildman–Crippen MR) is 52.4 cm³/mol. The number of hydrogen-bond donors (Lipinski definition) is 1. The van der Waals surface area contributed by atoms with Crippen molar-refractivity contribution in [2.75, 3.05) is 7.11 Å². The van der Waals surface area contributed by atoms with Crippen LogP contribution < -0.4 is 4.74 Å². The van der Waals surface area contributed by atoms with Gasteiger partial charge in [0.05, 0.1) is 17.1 Å². The van der Waals surface area contributed by atoms with Crippen molar-refractivity contribution in [1.82, 2.24) is 0 Å². The first-order chi connectivity index (χ1) is 6.07. The van der Waals surface area contributed by atoms with Crippen molar-refractivity contribution in [2.45, 2.75) is 6.92 Å². The van der Waals surface area contributed by atoms with Crippen LogP contribution in [0.15, 0.2) is 16.6 Å². The number of carboxylic acid groups (broad SMARTS) is 1. The minimum Gasteiger partial charge on any atom is -0.496 e. The number of carbonyl (C=O) groups is 1. The van der Waals surface area contributed by atoms with Crippen molar-refractivity contribution < 1.29 is 14.6 Å². The third-order valence-corrected chi connectivity index (χ3v) is 2.79. The lowest BCUT2D eigenvalue weighted by Gasteiger charge is -2.07. The molecule has 0 heterocycles. The molecule has 0 bridgehead atoms. The summed E-state index contributed by atoms with van der Waals surface area (Å²) in [7, 11) is 1.54. The summed E-state index contributed by atoms with van der Waals surface area (Å²) in [5, 5.41) is 8.79. The summed E-state index contributed by atoms with van der Waals surface area (Å²) in [6.07, 6.45) is 0. The van der Waals surface area contributed by atoms with Gasteiger partial charge >= 0.3 is 5.97 Å². The standard InChI is InChI=1S/C9H9BrO3/c1-5-6(9(11)12)3-4-7(13-2)8(5)10/h3-4H,1-2H3,(H,11,12). The van der Waals surface area contributed by atoms with Gasteiger partial charge in [0.15, 0.2) is 0 Å². The molecular formula is C9H9BrO3. The second-order valence-corrected chi connectivity index (χ2v) is 3.35. The number of methoxy groups -OCH3 is 1. The van der Waals surface area contributed by atoms with Gasteiger partial charge in [0.1, 0.15) is 5.75 Å². The lowest BCUT2D eigenvalue weighted by molar-refractivity contribution is 0.0696. The smallest absolute Gasteiger partial charge is 0.335 e. The first-order valence-corrected chi connectivity index (χ1v) is 4.43. The molecule has 0 saturated carbocycles. The van der Waals surface area contributed by atoms with E-state index in [0.29, 0.717) is 15.8 Å². The minimum absolute atomic E-state index is 0.285. The summed E-state index contributed by atoms with van der Waals surface area (Å²) in [4.78, 5) is 10.7. The van der Waals surface area contributed by atoms with Crippen LogP contribution in [0.25, 0.3) is 0 Å². The van der Waals surface area contributed by atoms with Gasteiger partial charge < -0.3 is 9.84 Å². The molecular weight excluding hydrogens is 236 g/mol. The fourth-order valence-corrected chi connectivity index (χ4v) is 1.56. The predicted octanol–water partition coefficient (Wildman–Crippen LogP) is 2.46. The Morgan fingerprint density at radius 1 is 1.54 bits per heavy atom. The van der Waals surface area contributed by atoms with Gasteiger partial charge in [0.2, 0.25) is 0 Å². The van der Waals surface area contributed by atoms with E-state index in [1.165, 1.54) is 6.07 Å². The summed E-state index contributed by atoms with van der Waals surface area (Å²) in [6.45, 7) is 1.73. The molecule has 0 amide bonds. The molecule has 0 aliphatic carbocycles. The van der Waals surface area contributed by atoms with E-state index in [4.69, 9.17) is 9.84 Å². The average Bonchev–Trinajstić information content (AvgIpc) is 2.09. The zero-order valence-electron chi connectivity index (χ0n) is 7.30. The van der Waals surface area contributed by atoms with Crippen molar-refractivity contribution in [3.8, 4) is 5.75 Å². The highest BCUT2D eigenvalue weighted by atomic mass is 79.9. The Kier molecular flexibility index (Phi) is 2.93. The maximum Gasteiger partial charge on any atom is 0.335 e. The molecule has 1 aromatic rings. The first-order valence-electron chi connectivity index (χ1n) is 3.64. The van der Waals surface area contributed by atoms with Crippen LogP contribution >= 0.6 is 15.9 Å². The van der Waals surface area contributed by atoms with Crippen molar-refractivity contribution in [1.29, 1.82) is 0 Å². The lowest BCUT2D eigenvalue weighted by atomic mass is 10.1. The molecule has 1 rings (SSSR count). The molecule has 0 aromatic heterocycles. The Morgan fingerprint density at radius 3 is 2.62 bits per heavy atom. The number of ether oxygens (including phenoxy) is 1. The Morgan fingerprint density at radius 2 is 2.15 bits per heavy atom. The Labute approximate surface area is 84.5 Å². The molecule has 3 nitrogen and oxygen atoms in total. The molecule has 0 atom stereocenters. The molecule has 0 unspecified atom stereocenters. The van der Waals surface area contributed by atoms with Crippen LogP contribution in [0, 0.1) is 6.92 Å². The summed E-state index contributed by atoms with van der Waals surface area (Å²) in [6, 6.07) is 3.15. The van der Waals surface area contributed by atoms with Gasteiger partial charge in [-0.2, -0.15) is 0 Å². The highest BCUT2D eigenvalue weighted by Crippen LogP contribution is 2.30. The summed E-state index contributed by atoms with van der Waals surface area (Å²) in [5.41, 5.74) is 0.958. The fourth-order valence-electron chi connectivity index (χ4n) is 1.05. The lowest BCUT2D eigenvalue weighted by Crippen LogP contribution is -2.00. The van der Waals surface area contributed by atoms with Crippen LogP contribution in [0.1, 0.15) is 15.9 Å². The van der Waals surface area contributed by atoms with Gasteiger partial charge in [-0.25, -0.2) is 4.79 Å². The number of benzene rings is 1. The summed E-state index contributed by atoms with van der Waals surface area (Å²) in [5.74, 6) is -0.289. The number of hydrogen-bond acceptors (Lipinski definition) is 2. The van der Waals surface area contributed by atoms with Gasteiger partial charge in [-0.15, -0.1) is 0 Å². The maximum absolute atomic E-state index is 10.7. The van der Waals surface area contributed by atoms with E-state index in [-0.39, 0.29) is 5.56 Å². The Hall–Kier alpha value is -1.03. The topological polar surface area (TPSA) is 46.5 Å². The second kappa shape index (κ2) is 3.79. The van der Waals surface area contributed by atoms with Crippen LogP contribution in [-0.4, -0.2) is 18.2 Å². The molecule has 0 aliphatic heterocycles. The molecule has 0 fully saturated rings. The monoisotopic (exact) mass is 244 g/mol. The van der Waals surface area contributed by atoms with Crippen molar-refractivity contribution in [2.24, 2.45) is 0 Å². The SMILES string of the molecule is COc1ccc(C(=O)O)c(C)c1Br. The Bertz CT molecular complexity index is 347. The van der Waals surface area contributed by atoms with E-state index in [2.05, 4.69) is 15.9 Å². The van der Waals surface area contributed by atoms with E-state index < -0.39 is 5.97 Å². The zero-order chi connectivity index (χ0) is 10.0. The highest BCUT2D eigenvalue weighted by molar-refractivity contribution is 9.10. The molecule has 70 valence electrons. The van der Waals surface area contributed by atoms with E-state index in [1.807, 2.05) is 0 Å². The molecule has 0 saturated heterocycles. The zero-order valence-corrected chi connectivity index (χ0v) is 8.88. The maximum atomic E-state index is 10.7. The molecule has 1 N–H and O–H groups in total. The van der Waals surface area contributed by atoms with Crippen molar-refractivity contribution in [3.05, 3.63) is 27.7 Å². The third-order valence-electron chi connectivity index (χ3n) is 1.80. The largest absolute Gasteiger partial charge is 0.496 e. The average molecular weight is 245 g/mol. The molecule has 0 radical (unpaired) electrons. The molecule has 0 spiro atoms. The number of halogens is 1. The fraction of sp³-hybridized carbons (Fsp3) is 0.222. The van der Waals surface area contributed by atoms with Gasteiger partial charge in [-0.1, -0.05) is 0 Å². The quantitative estimate of drug-likeness (QED) is 0.870. The van der Waals surface area contributed by atoms with E-state index in [0.717, 1.165) is 0 Å². The van der Waals surface area contributed by atoms with Crippen LogP contribution in [0.5, 0.6) is 5.75 Å². The van der Waals surface area contributed by atoms with Crippen molar-refractivity contribution in [3.63, 3.8) is 0 Å². The van der Waals surface area contributed by atoms with Crippen LogP contribution in [0.4, 0.5) is 0 Å². The van der Waals surface area contributed by atoms with Crippen LogP contribution in [-0.2, 0) is 0 Å². The van der Waals surface area contributed by atoms with Crippen LogP contribution in [0.2, 0.25) is 0 Å². The summed E-state index contributed by atoms with van der Waals surface area (Å²) >= 11 is 3.27. The van der Waals surface area contributed by atoms with E-state index in [1.54, 1.807) is 20.1 Å². The number of carboxylic acids is 1. The van der Waals surface area contributed by atoms with Gasteiger partial charge in [-0.05, 0) is 40.5 Å². The van der Waals surface area contributed by atoms with Crippen LogP contribution in [0.3, 0.4) is 0 Å². The molecule has 13 heavy (non-hydrogen) atoms. The minimum atomic E-state index is -0.930. The second-order valence-electron chi connectivity index (χ2n) is 2.56. The van der Waals surface area contributed by atoms with E-state index >= 15 is 0 Å². The highest BCUT2D eigenvalue weighted by Gasteiger charge is 2.12. The van der Waals surface area contributed by atoms with E-state index in [9.17, 15) is 4.79 Å². The Balaban J connectivity index is 3.31. The number of rotatable bonds is 2. The molecule has 1 aromatic carbocycles. The van der Waals surface area contributed by atoms with Gasteiger partial charge in [-0.3, -0.25) is 0 Å².